The van der Waals surface area contributed by atoms with Crippen molar-refractivity contribution in [3.8, 4) is 0 Å². The Morgan fingerprint density at radius 2 is 1.69 bits per heavy atom. The van der Waals surface area contributed by atoms with Crippen LogP contribution in [0.2, 0.25) is 0 Å². The van der Waals surface area contributed by atoms with Gasteiger partial charge >= 0.3 is 0 Å². The Morgan fingerprint density at radius 1 is 1.06 bits per heavy atom. The zero-order valence-corrected chi connectivity index (χ0v) is 11.2. The first-order valence-corrected chi connectivity index (χ1v) is 7.24. The molecular formula is C15H28O. The quantitative estimate of drug-likeness (QED) is 0.768. The van der Waals surface area contributed by atoms with Gasteiger partial charge in [0.05, 0.1) is 6.10 Å². The second kappa shape index (κ2) is 4.68. The van der Waals surface area contributed by atoms with Gasteiger partial charge in [-0.05, 0) is 36.0 Å². The highest BCUT2D eigenvalue weighted by Crippen LogP contribution is 2.49. The average molecular weight is 224 g/mol. The molecule has 2 aliphatic rings. The molecule has 0 radical (unpaired) electrons. The lowest BCUT2D eigenvalue weighted by molar-refractivity contribution is 0.0152. The molecule has 0 aromatic rings. The minimum absolute atomic E-state index is 0.0157. The summed E-state index contributed by atoms with van der Waals surface area (Å²) in [4.78, 5) is 0. The van der Waals surface area contributed by atoms with E-state index in [9.17, 15) is 5.11 Å². The summed E-state index contributed by atoms with van der Waals surface area (Å²) in [6.07, 6.45) is 9.25. The molecule has 0 heterocycles. The van der Waals surface area contributed by atoms with Crippen molar-refractivity contribution in [2.45, 2.75) is 71.8 Å². The van der Waals surface area contributed by atoms with Crippen molar-refractivity contribution in [2.75, 3.05) is 0 Å². The first-order chi connectivity index (χ1) is 7.56. The zero-order chi connectivity index (χ0) is 11.8. The summed E-state index contributed by atoms with van der Waals surface area (Å²) in [6.45, 7) is 6.92. The van der Waals surface area contributed by atoms with Gasteiger partial charge in [-0.15, -0.1) is 0 Å². The molecule has 0 spiro atoms. The summed E-state index contributed by atoms with van der Waals surface area (Å²) >= 11 is 0. The molecule has 0 bridgehead atoms. The summed E-state index contributed by atoms with van der Waals surface area (Å²) in [5, 5.41) is 10.6. The molecule has 2 fully saturated rings. The molecule has 0 aliphatic heterocycles. The lowest BCUT2D eigenvalue weighted by Crippen LogP contribution is -2.34. The summed E-state index contributed by atoms with van der Waals surface area (Å²) in [7, 11) is 0. The Kier molecular flexibility index (Phi) is 3.63. The summed E-state index contributed by atoms with van der Waals surface area (Å²) in [5.74, 6) is 2.01. The van der Waals surface area contributed by atoms with Gasteiger partial charge in [-0.3, -0.25) is 0 Å². The van der Waals surface area contributed by atoms with Crippen LogP contribution in [0.5, 0.6) is 0 Å². The molecule has 2 rings (SSSR count). The molecule has 0 amide bonds. The van der Waals surface area contributed by atoms with E-state index in [2.05, 4.69) is 20.8 Å². The van der Waals surface area contributed by atoms with E-state index in [1.54, 1.807) is 0 Å². The monoisotopic (exact) mass is 224 g/mol. The van der Waals surface area contributed by atoms with Gasteiger partial charge < -0.3 is 5.11 Å². The van der Waals surface area contributed by atoms with Gasteiger partial charge in [0.2, 0.25) is 0 Å². The van der Waals surface area contributed by atoms with Crippen molar-refractivity contribution in [3.05, 3.63) is 0 Å². The van der Waals surface area contributed by atoms with Crippen LogP contribution < -0.4 is 0 Å². The van der Waals surface area contributed by atoms with E-state index in [4.69, 9.17) is 0 Å². The Labute approximate surface area is 101 Å². The van der Waals surface area contributed by atoms with Crippen LogP contribution in [0.25, 0.3) is 0 Å². The summed E-state index contributed by atoms with van der Waals surface area (Å²) in [5.41, 5.74) is 0.326. The predicted octanol–water partition coefficient (Wildman–Crippen LogP) is 4.00. The van der Waals surface area contributed by atoms with Gasteiger partial charge in [-0.25, -0.2) is 0 Å². The SMILES string of the molecule is CCC(C)(C)C1CCC(C2CCCC2)C1O. The van der Waals surface area contributed by atoms with Crippen LogP contribution in [0.15, 0.2) is 0 Å². The summed E-state index contributed by atoms with van der Waals surface area (Å²) < 4.78 is 0. The second-order valence-electron chi connectivity index (χ2n) is 6.72. The van der Waals surface area contributed by atoms with E-state index in [-0.39, 0.29) is 6.10 Å². The molecule has 0 aromatic heterocycles. The van der Waals surface area contributed by atoms with Crippen molar-refractivity contribution >= 4 is 0 Å². The Hall–Kier alpha value is -0.0400. The second-order valence-corrected chi connectivity index (χ2v) is 6.72. The summed E-state index contributed by atoms with van der Waals surface area (Å²) in [6, 6.07) is 0. The van der Waals surface area contributed by atoms with Crippen molar-refractivity contribution in [1.29, 1.82) is 0 Å². The maximum atomic E-state index is 10.6. The van der Waals surface area contributed by atoms with Crippen molar-refractivity contribution in [2.24, 2.45) is 23.2 Å². The van der Waals surface area contributed by atoms with E-state index in [0.717, 1.165) is 5.92 Å². The van der Waals surface area contributed by atoms with Crippen LogP contribution in [-0.4, -0.2) is 11.2 Å². The van der Waals surface area contributed by atoms with Gasteiger partial charge in [0.25, 0.3) is 0 Å². The lowest BCUT2D eigenvalue weighted by Gasteiger charge is -2.35. The normalized spacial score (nSPS) is 37.1. The molecule has 16 heavy (non-hydrogen) atoms. The van der Waals surface area contributed by atoms with E-state index in [1.807, 2.05) is 0 Å². The molecule has 1 nitrogen and oxygen atoms in total. The first-order valence-electron chi connectivity index (χ1n) is 7.24. The highest BCUT2D eigenvalue weighted by Gasteiger charge is 2.45. The van der Waals surface area contributed by atoms with E-state index in [1.165, 1.54) is 44.9 Å². The lowest BCUT2D eigenvalue weighted by atomic mass is 9.73. The largest absolute Gasteiger partial charge is 0.393 e. The molecule has 0 saturated heterocycles. The predicted molar refractivity (Wildman–Crippen MR) is 68.3 cm³/mol. The number of aliphatic hydroxyl groups is 1. The van der Waals surface area contributed by atoms with E-state index in [0.29, 0.717) is 17.3 Å². The maximum absolute atomic E-state index is 10.6. The number of hydrogen-bond acceptors (Lipinski definition) is 1. The molecule has 0 aromatic carbocycles. The van der Waals surface area contributed by atoms with Crippen LogP contribution in [0.1, 0.15) is 65.7 Å². The molecule has 3 atom stereocenters. The fraction of sp³-hybridized carbons (Fsp3) is 1.00. The maximum Gasteiger partial charge on any atom is 0.0604 e. The van der Waals surface area contributed by atoms with Crippen molar-refractivity contribution in [3.63, 3.8) is 0 Å². The van der Waals surface area contributed by atoms with Gasteiger partial charge in [-0.2, -0.15) is 0 Å². The molecule has 2 aliphatic carbocycles. The standard InChI is InChI=1S/C15H28O/c1-4-15(2,3)13-10-9-12(14(13)16)11-7-5-6-8-11/h11-14,16H,4-10H2,1-3H3. The highest BCUT2D eigenvalue weighted by atomic mass is 16.3. The third-order valence-electron chi connectivity index (χ3n) is 5.58. The minimum Gasteiger partial charge on any atom is -0.393 e. The number of rotatable bonds is 3. The van der Waals surface area contributed by atoms with Gasteiger partial charge in [0, 0.05) is 0 Å². The molecule has 3 unspecified atom stereocenters. The molecular weight excluding hydrogens is 196 g/mol. The van der Waals surface area contributed by atoms with Crippen molar-refractivity contribution < 1.29 is 5.11 Å². The molecule has 94 valence electrons. The minimum atomic E-state index is -0.0157. The van der Waals surface area contributed by atoms with E-state index < -0.39 is 0 Å². The van der Waals surface area contributed by atoms with Crippen LogP contribution >= 0.6 is 0 Å². The number of hydrogen-bond donors (Lipinski definition) is 1. The highest BCUT2D eigenvalue weighted by molar-refractivity contribution is 4.95. The van der Waals surface area contributed by atoms with E-state index >= 15 is 0 Å². The van der Waals surface area contributed by atoms with Gasteiger partial charge in [0.15, 0.2) is 0 Å². The molecule has 2 saturated carbocycles. The fourth-order valence-electron chi connectivity index (χ4n) is 4.03. The fourth-order valence-corrected chi connectivity index (χ4v) is 4.03. The molecule has 1 heteroatoms. The topological polar surface area (TPSA) is 20.2 Å². The Morgan fingerprint density at radius 3 is 2.25 bits per heavy atom. The molecule has 1 N–H and O–H groups in total. The zero-order valence-electron chi connectivity index (χ0n) is 11.2. The third-order valence-corrected chi connectivity index (χ3v) is 5.58. The van der Waals surface area contributed by atoms with Gasteiger partial charge in [-0.1, -0.05) is 52.9 Å². The van der Waals surface area contributed by atoms with Crippen LogP contribution in [0, 0.1) is 23.2 Å². The van der Waals surface area contributed by atoms with Crippen molar-refractivity contribution in [1.82, 2.24) is 0 Å². The average Bonchev–Trinajstić information content (AvgIpc) is 2.86. The Balaban J connectivity index is 2.01. The smallest absolute Gasteiger partial charge is 0.0604 e. The Bertz CT molecular complexity index is 228. The number of aliphatic hydroxyl groups excluding tert-OH is 1. The van der Waals surface area contributed by atoms with Crippen LogP contribution in [0.4, 0.5) is 0 Å². The van der Waals surface area contributed by atoms with Crippen LogP contribution in [-0.2, 0) is 0 Å². The first kappa shape index (κ1) is 12.4. The third kappa shape index (κ3) is 2.16. The van der Waals surface area contributed by atoms with Crippen LogP contribution in [0.3, 0.4) is 0 Å². The van der Waals surface area contributed by atoms with Gasteiger partial charge in [0.1, 0.15) is 0 Å².